The molecule has 1 aromatic heterocycles. The normalized spacial score (nSPS) is 10.3. The topological polar surface area (TPSA) is 22.1 Å². The fraction of sp³-hybridized carbons (Fsp3) is 0.444. The molecule has 1 heterocycles. The second-order valence-electron chi connectivity index (χ2n) is 2.75. The summed E-state index contributed by atoms with van der Waals surface area (Å²) in [6.45, 7) is 3.95. The summed E-state index contributed by atoms with van der Waals surface area (Å²) in [6, 6.07) is 3.72. The third kappa shape index (κ3) is 2.38. The van der Waals surface area contributed by atoms with Crippen molar-refractivity contribution >= 4 is 11.6 Å². The summed E-state index contributed by atoms with van der Waals surface area (Å²) in [7, 11) is 0. The average molecular weight is 186 g/mol. The molecule has 0 aromatic carbocycles. The van der Waals surface area contributed by atoms with Crippen molar-refractivity contribution in [2.75, 3.05) is 0 Å². The summed E-state index contributed by atoms with van der Waals surface area (Å²) in [6.07, 6.45) is 1.88. The van der Waals surface area contributed by atoms with Gasteiger partial charge in [-0.05, 0) is 26.0 Å². The van der Waals surface area contributed by atoms with Crippen molar-refractivity contribution in [1.82, 2.24) is 4.98 Å². The molecule has 0 spiro atoms. The molecule has 0 N–H and O–H groups in total. The highest BCUT2D eigenvalue weighted by Gasteiger charge is 2.03. The van der Waals surface area contributed by atoms with Crippen LogP contribution in [0.3, 0.4) is 0 Å². The van der Waals surface area contributed by atoms with Gasteiger partial charge in [-0.15, -0.1) is 11.6 Å². The van der Waals surface area contributed by atoms with Crippen molar-refractivity contribution in [3.63, 3.8) is 0 Å². The van der Waals surface area contributed by atoms with Crippen LogP contribution in [-0.2, 0) is 5.88 Å². The summed E-state index contributed by atoms with van der Waals surface area (Å²) in [5.74, 6) is 1.17. The molecule has 0 bridgehead atoms. The fourth-order valence-electron chi connectivity index (χ4n) is 0.885. The third-order valence-electron chi connectivity index (χ3n) is 1.34. The Labute approximate surface area is 77.5 Å². The molecule has 1 aromatic rings. The fourth-order valence-corrected chi connectivity index (χ4v) is 1.09. The van der Waals surface area contributed by atoms with Crippen molar-refractivity contribution in [1.29, 1.82) is 0 Å². The second kappa shape index (κ2) is 4.31. The Hall–Kier alpha value is -0.760. The minimum absolute atomic E-state index is 0.163. The summed E-state index contributed by atoms with van der Waals surface area (Å²) in [5, 5.41) is 0. The van der Waals surface area contributed by atoms with E-state index in [-0.39, 0.29) is 6.10 Å². The predicted molar refractivity (Wildman–Crippen MR) is 49.6 cm³/mol. The van der Waals surface area contributed by atoms with Gasteiger partial charge < -0.3 is 4.74 Å². The van der Waals surface area contributed by atoms with Crippen LogP contribution in [0, 0.1) is 0 Å². The molecule has 0 aliphatic carbocycles. The molecule has 12 heavy (non-hydrogen) atoms. The quantitative estimate of drug-likeness (QED) is 0.676. The molecule has 0 amide bonds. The number of pyridine rings is 1. The first kappa shape index (κ1) is 9.33. The van der Waals surface area contributed by atoms with E-state index < -0.39 is 0 Å². The molecule has 0 radical (unpaired) electrons. The molecule has 3 heteroatoms. The van der Waals surface area contributed by atoms with Gasteiger partial charge in [0, 0.05) is 6.20 Å². The molecular weight excluding hydrogens is 174 g/mol. The number of ether oxygens (including phenoxy) is 1. The van der Waals surface area contributed by atoms with E-state index in [9.17, 15) is 0 Å². The Morgan fingerprint density at radius 2 is 2.33 bits per heavy atom. The average Bonchev–Trinajstić information content (AvgIpc) is 2.04. The van der Waals surface area contributed by atoms with Crippen LogP contribution in [0.1, 0.15) is 19.5 Å². The van der Waals surface area contributed by atoms with Gasteiger partial charge in [0.1, 0.15) is 5.75 Å². The van der Waals surface area contributed by atoms with Gasteiger partial charge in [0.25, 0.3) is 0 Å². The van der Waals surface area contributed by atoms with E-state index in [1.165, 1.54) is 0 Å². The monoisotopic (exact) mass is 185 g/mol. The molecule has 0 aliphatic heterocycles. The number of hydrogen-bond acceptors (Lipinski definition) is 2. The van der Waals surface area contributed by atoms with E-state index in [0.29, 0.717) is 5.88 Å². The smallest absolute Gasteiger partial charge is 0.142 e. The van der Waals surface area contributed by atoms with Crippen LogP contribution in [0.25, 0.3) is 0 Å². The number of aromatic nitrogens is 1. The first-order chi connectivity index (χ1) is 5.74. The number of alkyl halides is 1. The highest BCUT2D eigenvalue weighted by Crippen LogP contribution is 2.18. The summed E-state index contributed by atoms with van der Waals surface area (Å²) < 4.78 is 5.49. The number of nitrogens with zero attached hydrogens (tertiary/aromatic N) is 1. The van der Waals surface area contributed by atoms with Crippen LogP contribution in [0.2, 0.25) is 0 Å². The molecule has 1 rings (SSSR count). The van der Waals surface area contributed by atoms with E-state index >= 15 is 0 Å². The highest BCUT2D eigenvalue weighted by atomic mass is 35.5. The Balaban J connectivity index is 2.82. The zero-order valence-corrected chi connectivity index (χ0v) is 8.01. The second-order valence-corrected chi connectivity index (χ2v) is 3.02. The largest absolute Gasteiger partial charge is 0.489 e. The Kier molecular flexibility index (Phi) is 3.35. The Morgan fingerprint density at radius 3 is 2.92 bits per heavy atom. The molecule has 2 nitrogen and oxygen atoms in total. The molecule has 0 unspecified atom stereocenters. The van der Waals surface area contributed by atoms with Gasteiger partial charge in [-0.3, -0.25) is 4.98 Å². The van der Waals surface area contributed by atoms with E-state index in [2.05, 4.69) is 4.98 Å². The van der Waals surface area contributed by atoms with Gasteiger partial charge in [-0.1, -0.05) is 0 Å². The van der Waals surface area contributed by atoms with Gasteiger partial charge in [0.05, 0.1) is 17.7 Å². The molecule has 0 saturated heterocycles. The van der Waals surface area contributed by atoms with E-state index in [1.54, 1.807) is 6.20 Å². The van der Waals surface area contributed by atoms with Crippen molar-refractivity contribution < 1.29 is 4.74 Å². The minimum atomic E-state index is 0.163. The summed E-state index contributed by atoms with van der Waals surface area (Å²) in [5.41, 5.74) is 0.799. The van der Waals surface area contributed by atoms with E-state index in [4.69, 9.17) is 16.3 Å². The number of halogens is 1. The first-order valence-electron chi connectivity index (χ1n) is 3.90. The lowest BCUT2D eigenvalue weighted by molar-refractivity contribution is 0.239. The maximum absolute atomic E-state index is 5.67. The number of rotatable bonds is 3. The Bertz CT molecular complexity index is 250. The summed E-state index contributed by atoms with van der Waals surface area (Å²) in [4.78, 5) is 4.09. The first-order valence-corrected chi connectivity index (χ1v) is 4.44. The molecule has 0 atom stereocenters. The number of hydrogen-bond donors (Lipinski definition) is 0. The van der Waals surface area contributed by atoms with Gasteiger partial charge in [-0.25, -0.2) is 0 Å². The van der Waals surface area contributed by atoms with Gasteiger partial charge in [-0.2, -0.15) is 0 Å². The maximum atomic E-state index is 5.67. The zero-order chi connectivity index (χ0) is 8.97. The lowest BCUT2D eigenvalue weighted by atomic mass is 10.3. The Morgan fingerprint density at radius 1 is 1.58 bits per heavy atom. The molecule has 0 fully saturated rings. The van der Waals surface area contributed by atoms with Crippen molar-refractivity contribution in [2.45, 2.75) is 25.8 Å². The van der Waals surface area contributed by atoms with Crippen LogP contribution >= 0.6 is 11.6 Å². The SMILES string of the molecule is CC(C)Oc1cccnc1CCl. The predicted octanol–water partition coefficient (Wildman–Crippen LogP) is 2.61. The molecule has 66 valence electrons. The van der Waals surface area contributed by atoms with E-state index in [1.807, 2.05) is 26.0 Å². The van der Waals surface area contributed by atoms with E-state index in [0.717, 1.165) is 11.4 Å². The maximum Gasteiger partial charge on any atom is 0.142 e. The van der Waals surface area contributed by atoms with Crippen LogP contribution < -0.4 is 4.74 Å². The van der Waals surface area contributed by atoms with Crippen LogP contribution in [0.15, 0.2) is 18.3 Å². The van der Waals surface area contributed by atoms with Crippen LogP contribution in [0.4, 0.5) is 0 Å². The minimum Gasteiger partial charge on any atom is -0.489 e. The molecular formula is C9H12ClNO. The summed E-state index contributed by atoms with van der Waals surface area (Å²) >= 11 is 5.67. The van der Waals surface area contributed by atoms with Crippen molar-refractivity contribution in [3.8, 4) is 5.75 Å². The lowest BCUT2D eigenvalue weighted by Crippen LogP contribution is -2.07. The van der Waals surface area contributed by atoms with Gasteiger partial charge in [0.2, 0.25) is 0 Å². The van der Waals surface area contributed by atoms with Gasteiger partial charge in [0.15, 0.2) is 0 Å². The highest BCUT2D eigenvalue weighted by molar-refractivity contribution is 6.17. The van der Waals surface area contributed by atoms with Crippen LogP contribution in [-0.4, -0.2) is 11.1 Å². The van der Waals surface area contributed by atoms with Crippen molar-refractivity contribution in [3.05, 3.63) is 24.0 Å². The van der Waals surface area contributed by atoms with Gasteiger partial charge >= 0.3 is 0 Å². The zero-order valence-electron chi connectivity index (χ0n) is 7.25. The van der Waals surface area contributed by atoms with Crippen molar-refractivity contribution in [2.24, 2.45) is 0 Å². The molecule has 0 aliphatic rings. The molecule has 0 saturated carbocycles. The lowest BCUT2D eigenvalue weighted by Gasteiger charge is -2.11. The third-order valence-corrected chi connectivity index (χ3v) is 1.59. The van der Waals surface area contributed by atoms with Crippen LogP contribution in [0.5, 0.6) is 5.75 Å². The standard InChI is InChI=1S/C9H12ClNO/c1-7(2)12-9-4-3-5-11-8(9)6-10/h3-5,7H,6H2,1-2H3.